The van der Waals surface area contributed by atoms with Crippen molar-refractivity contribution in [2.75, 3.05) is 0 Å². The first-order valence-electron chi connectivity index (χ1n) is 4.12. The summed E-state index contributed by atoms with van der Waals surface area (Å²) in [5.41, 5.74) is 0.927. The zero-order valence-electron chi connectivity index (χ0n) is 7.48. The van der Waals surface area contributed by atoms with Crippen LogP contribution in [0.1, 0.15) is 10.6 Å². The largest absolute Gasteiger partial charge is 0.507 e. The second-order valence-corrected chi connectivity index (χ2v) is 3.64. The summed E-state index contributed by atoms with van der Waals surface area (Å²) in [4.78, 5) is 10.5. The minimum Gasteiger partial charge on any atom is -0.507 e. The molecule has 0 unspecified atom stereocenters. The van der Waals surface area contributed by atoms with Crippen molar-refractivity contribution in [1.29, 1.82) is 0 Å². The van der Waals surface area contributed by atoms with E-state index in [1.807, 2.05) is 0 Å². The third-order valence-corrected chi connectivity index (χ3v) is 2.69. The van der Waals surface area contributed by atoms with Crippen molar-refractivity contribution in [1.82, 2.24) is 5.16 Å². The van der Waals surface area contributed by atoms with Gasteiger partial charge in [0.2, 0.25) is 5.76 Å². The smallest absolute Gasteiger partial charge is 0.214 e. The highest BCUT2D eigenvalue weighted by atomic mass is 79.9. The van der Waals surface area contributed by atoms with E-state index in [9.17, 15) is 9.90 Å². The van der Waals surface area contributed by atoms with Crippen molar-refractivity contribution in [3.05, 3.63) is 34.5 Å². The number of nitrogens with zero attached hydrogens (tertiary/aromatic N) is 1. The number of hydrogen-bond donors (Lipinski definition) is 1. The molecular formula is C10H6BrNO3. The normalized spacial score (nSPS) is 10.2. The van der Waals surface area contributed by atoms with Crippen LogP contribution >= 0.6 is 15.9 Å². The number of carbonyl (C=O) groups is 1. The Labute approximate surface area is 93.6 Å². The maximum atomic E-state index is 10.5. The molecular weight excluding hydrogens is 262 g/mol. The Morgan fingerprint density at radius 3 is 2.73 bits per heavy atom. The SMILES string of the molecule is O=Cc1onc(-c2ccccc2O)c1Br. The summed E-state index contributed by atoms with van der Waals surface area (Å²) in [6.45, 7) is 0. The van der Waals surface area contributed by atoms with Gasteiger partial charge in [-0.1, -0.05) is 17.3 Å². The molecule has 4 nitrogen and oxygen atoms in total. The quantitative estimate of drug-likeness (QED) is 0.850. The van der Waals surface area contributed by atoms with Gasteiger partial charge in [-0.05, 0) is 28.1 Å². The summed E-state index contributed by atoms with van der Waals surface area (Å²) in [6, 6.07) is 6.69. The highest BCUT2D eigenvalue weighted by Gasteiger charge is 2.16. The van der Waals surface area contributed by atoms with Crippen LogP contribution in [0.25, 0.3) is 11.3 Å². The van der Waals surface area contributed by atoms with Crippen molar-refractivity contribution in [3.63, 3.8) is 0 Å². The van der Waals surface area contributed by atoms with Crippen LogP contribution in [0.15, 0.2) is 33.3 Å². The maximum absolute atomic E-state index is 10.5. The summed E-state index contributed by atoms with van der Waals surface area (Å²) in [5, 5.41) is 13.3. The van der Waals surface area contributed by atoms with Gasteiger partial charge in [-0.2, -0.15) is 0 Å². The van der Waals surface area contributed by atoms with E-state index in [1.54, 1.807) is 18.2 Å². The van der Waals surface area contributed by atoms with E-state index in [0.717, 1.165) is 0 Å². The van der Waals surface area contributed by atoms with E-state index in [-0.39, 0.29) is 11.5 Å². The molecule has 1 N–H and O–H groups in total. The van der Waals surface area contributed by atoms with Gasteiger partial charge >= 0.3 is 0 Å². The minimum absolute atomic E-state index is 0.0870. The molecule has 1 heterocycles. The average molecular weight is 268 g/mol. The molecule has 0 aliphatic rings. The first-order chi connectivity index (χ1) is 7.24. The van der Waals surface area contributed by atoms with Gasteiger partial charge in [-0.3, -0.25) is 4.79 Å². The van der Waals surface area contributed by atoms with Crippen LogP contribution in [0.3, 0.4) is 0 Å². The van der Waals surface area contributed by atoms with Crippen molar-refractivity contribution in [2.45, 2.75) is 0 Å². The molecule has 0 bridgehead atoms. The maximum Gasteiger partial charge on any atom is 0.214 e. The van der Waals surface area contributed by atoms with Gasteiger partial charge in [0.1, 0.15) is 11.4 Å². The van der Waals surface area contributed by atoms with Crippen molar-refractivity contribution < 1.29 is 14.4 Å². The second kappa shape index (κ2) is 3.86. The van der Waals surface area contributed by atoms with Gasteiger partial charge in [0.15, 0.2) is 6.29 Å². The van der Waals surface area contributed by atoms with Crippen LogP contribution < -0.4 is 0 Å². The highest BCUT2D eigenvalue weighted by Crippen LogP contribution is 2.34. The zero-order valence-corrected chi connectivity index (χ0v) is 9.06. The number of phenols is 1. The minimum atomic E-state index is 0.0870. The van der Waals surface area contributed by atoms with Crippen LogP contribution in [0.4, 0.5) is 0 Å². The van der Waals surface area contributed by atoms with E-state index in [2.05, 4.69) is 21.1 Å². The average Bonchev–Trinajstić information content (AvgIpc) is 2.60. The predicted molar refractivity (Wildman–Crippen MR) is 56.7 cm³/mol. The number of halogens is 1. The Morgan fingerprint density at radius 2 is 2.13 bits per heavy atom. The van der Waals surface area contributed by atoms with E-state index in [1.165, 1.54) is 6.07 Å². The molecule has 0 spiro atoms. The van der Waals surface area contributed by atoms with E-state index >= 15 is 0 Å². The molecule has 0 amide bonds. The summed E-state index contributed by atoms with van der Waals surface area (Å²) in [5.74, 6) is 0.192. The van der Waals surface area contributed by atoms with Crippen molar-refractivity contribution in [2.24, 2.45) is 0 Å². The number of phenolic OH excluding ortho intramolecular Hbond substituents is 1. The van der Waals surface area contributed by atoms with Crippen LogP contribution in [-0.2, 0) is 0 Å². The summed E-state index contributed by atoms with van der Waals surface area (Å²) < 4.78 is 5.22. The Hall–Kier alpha value is -1.62. The molecule has 5 heteroatoms. The highest BCUT2D eigenvalue weighted by molar-refractivity contribution is 9.10. The van der Waals surface area contributed by atoms with Crippen molar-refractivity contribution in [3.8, 4) is 17.0 Å². The van der Waals surface area contributed by atoms with Gasteiger partial charge < -0.3 is 9.63 Å². The topological polar surface area (TPSA) is 63.3 Å². The number of hydrogen-bond acceptors (Lipinski definition) is 4. The summed E-state index contributed by atoms with van der Waals surface area (Å²) >= 11 is 3.18. The van der Waals surface area contributed by atoms with Crippen LogP contribution in [-0.4, -0.2) is 16.5 Å². The lowest BCUT2D eigenvalue weighted by atomic mass is 10.1. The lowest BCUT2D eigenvalue weighted by molar-refractivity contribution is 0.109. The predicted octanol–water partition coefficient (Wildman–Crippen LogP) is 2.62. The van der Waals surface area contributed by atoms with E-state index in [4.69, 9.17) is 4.52 Å². The number of aromatic nitrogens is 1. The Kier molecular flexibility index (Phi) is 2.55. The first-order valence-corrected chi connectivity index (χ1v) is 4.92. The molecule has 76 valence electrons. The molecule has 0 radical (unpaired) electrons. The molecule has 2 rings (SSSR count). The molecule has 0 aliphatic heterocycles. The fraction of sp³-hybridized carbons (Fsp3) is 0. The monoisotopic (exact) mass is 267 g/mol. The third-order valence-electron chi connectivity index (χ3n) is 1.93. The van der Waals surface area contributed by atoms with E-state index in [0.29, 0.717) is 22.0 Å². The number of para-hydroxylation sites is 1. The number of aromatic hydroxyl groups is 1. The molecule has 0 fully saturated rings. The summed E-state index contributed by atoms with van der Waals surface area (Å²) in [6.07, 6.45) is 0.556. The molecule has 1 aromatic carbocycles. The molecule has 2 aromatic rings. The fourth-order valence-corrected chi connectivity index (χ4v) is 1.66. The van der Waals surface area contributed by atoms with Crippen molar-refractivity contribution >= 4 is 22.2 Å². The van der Waals surface area contributed by atoms with Gasteiger partial charge in [-0.15, -0.1) is 0 Å². The Balaban J connectivity index is 2.59. The molecule has 15 heavy (non-hydrogen) atoms. The molecule has 0 aliphatic carbocycles. The summed E-state index contributed by atoms with van der Waals surface area (Å²) in [7, 11) is 0. The number of carbonyl (C=O) groups excluding carboxylic acids is 1. The number of aldehydes is 1. The van der Waals surface area contributed by atoms with Crippen LogP contribution in [0.2, 0.25) is 0 Å². The van der Waals surface area contributed by atoms with E-state index < -0.39 is 0 Å². The van der Waals surface area contributed by atoms with Gasteiger partial charge in [0, 0.05) is 5.56 Å². The molecule has 0 saturated heterocycles. The standard InChI is InChI=1S/C10H6BrNO3/c11-9-8(5-13)15-12-10(9)6-3-1-2-4-7(6)14/h1-5,14H. The molecule has 0 saturated carbocycles. The van der Waals surface area contributed by atoms with Gasteiger partial charge in [-0.25, -0.2) is 0 Å². The van der Waals surface area contributed by atoms with Crippen LogP contribution in [0, 0.1) is 0 Å². The first kappa shape index (κ1) is 9.92. The number of rotatable bonds is 2. The molecule has 1 aromatic heterocycles. The fourth-order valence-electron chi connectivity index (χ4n) is 1.21. The lowest BCUT2D eigenvalue weighted by Gasteiger charge is -1.99. The van der Waals surface area contributed by atoms with Crippen LogP contribution in [0.5, 0.6) is 5.75 Å². The third kappa shape index (κ3) is 1.66. The van der Waals surface area contributed by atoms with Gasteiger partial charge in [0.25, 0.3) is 0 Å². The Morgan fingerprint density at radius 1 is 1.40 bits per heavy atom. The molecule has 0 atom stereocenters. The Bertz CT molecular complexity index is 507. The lowest BCUT2D eigenvalue weighted by Crippen LogP contribution is -1.80. The second-order valence-electron chi connectivity index (χ2n) is 2.84. The number of benzene rings is 1. The van der Waals surface area contributed by atoms with Gasteiger partial charge in [0.05, 0.1) is 4.47 Å². The zero-order chi connectivity index (χ0) is 10.8.